The summed E-state index contributed by atoms with van der Waals surface area (Å²) >= 11 is 5.01. The van der Waals surface area contributed by atoms with E-state index in [0.29, 0.717) is 0 Å². The Bertz CT molecular complexity index is 435. The number of esters is 1. The van der Waals surface area contributed by atoms with E-state index in [4.69, 9.17) is 4.74 Å². The van der Waals surface area contributed by atoms with Crippen molar-refractivity contribution >= 4 is 38.7 Å². The van der Waals surface area contributed by atoms with Gasteiger partial charge in [0.15, 0.2) is 0 Å². The molecule has 90 valence electrons. The average molecular weight is 314 g/mol. The number of thioether (sulfide) groups is 1. The summed E-state index contributed by atoms with van der Waals surface area (Å²) in [6.07, 6.45) is 0. The molecule has 2 atom stereocenters. The van der Waals surface area contributed by atoms with Crippen LogP contribution in [-0.2, 0) is 9.53 Å². The van der Waals surface area contributed by atoms with Crippen molar-refractivity contribution in [3.63, 3.8) is 0 Å². The SMILES string of the molecule is COC(=O)[C@@H](Br)C1CSC(c2ccccc2)=N1. The maximum Gasteiger partial charge on any atom is 0.321 e. The smallest absolute Gasteiger partial charge is 0.321 e. The van der Waals surface area contributed by atoms with Crippen LogP contribution in [0, 0.1) is 0 Å². The van der Waals surface area contributed by atoms with E-state index >= 15 is 0 Å². The van der Waals surface area contributed by atoms with Gasteiger partial charge in [-0.2, -0.15) is 0 Å². The molecule has 0 N–H and O–H groups in total. The summed E-state index contributed by atoms with van der Waals surface area (Å²) in [5, 5.41) is 0.990. The van der Waals surface area contributed by atoms with Gasteiger partial charge in [0.05, 0.1) is 18.2 Å². The van der Waals surface area contributed by atoms with Crippen LogP contribution >= 0.6 is 27.7 Å². The van der Waals surface area contributed by atoms with E-state index in [1.54, 1.807) is 11.8 Å². The van der Waals surface area contributed by atoms with Gasteiger partial charge in [-0.05, 0) is 0 Å². The Morgan fingerprint density at radius 2 is 2.24 bits per heavy atom. The molecule has 1 heterocycles. The first-order valence-corrected chi connectivity index (χ1v) is 7.10. The number of aliphatic imine (C=N–C) groups is 1. The highest BCUT2D eigenvalue weighted by Crippen LogP contribution is 2.27. The molecular weight excluding hydrogens is 302 g/mol. The van der Waals surface area contributed by atoms with E-state index < -0.39 is 0 Å². The van der Waals surface area contributed by atoms with Crippen molar-refractivity contribution in [1.82, 2.24) is 0 Å². The highest BCUT2D eigenvalue weighted by Gasteiger charge is 2.31. The zero-order chi connectivity index (χ0) is 12.3. The lowest BCUT2D eigenvalue weighted by Gasteiger charge is -2.10. The largest absolute Gasteiger partial charge is 0.468 e. The predicted octanol–water partition coefficient (Wildman–Crippen LogP) is 2.49. The highest BCUT2D eigenvalue weighted by atomic mass is 79.9. The molecular formula is C12H12BrNO2S. The number of hydrogen-bond acceptors (Lipinski definition) is 4. The fraction of sp³-hybridized carbons (Fsp3) is 0.333. The number of nitrogens with zero attached hydrogens (tertiary/aromatic N) is 1. The normalized spacial score (nSPS) is 20.8. The summed E-state index contributed by atoms with van der Waals surface area (Å²) in [6.45, 7) is 0. The third-order valence-electron chi connectivity index (χ3n) is 2.46. The van der Waals surface area contributed by atoms with Gasteiger partial charge in [-0.1, -0.05) is 46.3 Å². The fourth-order valence-corrected chi connectivity index (χ4v) is 3.40. The average Bonchev–Trinajstić information content (AvgIpc) is 2.87. The number of halogens is 1. The molecule has 1 aromatic carbocycles. The van der Waals surface area contributed by atoms with E-state index in [1.807, 2.05) is 30.3 Å². The Morgan fingerprint density at radius 3 is 2.88 bits per heavy atom. The Balaban J connectivity index is 2.12. The van der Waals surface area contributed by atoms with Crippen molar-refractivity contribution in [2.24, 2.45) is 4.99 Å². The van der Waals surface area contributed by atoms with Gasteiger partial charge in [0, 0.05) is 11.3 Å². The first kappa shape index (κ1) is 12.6. The molecule has 1 unspecified atom stereocenters. The lowest BCUT2D eigenvalue weighted by Crippen LogP contribution is -2.28. The zero-order valence-corrected chi connectivity index (χ0v) is 11.7. The molecule has 17 heavy (non-hydrogen) atoms. The number of methoxy groups -OCH3 is 1. The van der Waals surface area contributed by atoms with Crippen molar-refractivity contribution in [2.45, 2.75) is 10.9 Å². The summed E-state index contributed by atoms with van der Waals surface area (Å²) in [5.74, 6) is 0.531. The molecule has 0 aromatic heterocycles. The highest BCUT2D eigenvalue weighted by molar-refractivity contribution is 9.10. The molecule has 0 saturated heterocycles. The monoisotopic (exact) mass is 313 g/mol. The molecule has 0 bridgehead atoms. The Labute approximate surface area is 113 Å². The minimum atomic E-state index is -0.360. The number of ether oxygens (including phenoxy) is 1. The fourth-order valence-electron chi connectivity index (χ4n) is 1.55. The third-order valence-corrected chi connectivity index (χ3v) is 4.57. The summed E-state index contributed by atoms with van der Waals surface area (Å²) in [5.41, 5.74) is 1.10. The van der Waals surface area contributed by atoms with Crippen molar-refractivity contribution in [3.05, 3.63) is 35.9 Å². The summed E-state index contributed by atoms with van der Waals surface area (Å²) in [4.78, 5) is 15.6. The van der Waals surface area contributed by atoms with Crippen molar-refractivity contribution in [3.8, 4) is 0 Å². The summed E-state index contributed by atoms with van der Waals surface area (Å²) < 4.78 is 4.70. The lowest BCUT2D eigenvalue weighted by molar-refractivity contribution is -0.140. The molecule has 0 radical (unpaired) electrons. The van der Waals surface area contributed by atoms with Gasteiger partial charge in [-0.25, -0.2) is 0 Å². The van der Waals surface area contributed by atoms with Gasteiger partial charge in [-0.3, -0.25) is 9.79 Å². The van der Waals surface area contributed by atoms with E-state index in [-0.39, 0.29) is 16.8 Å². The summed E-state index contributed by atoms with van der Waals surface area (Å²) in [6, 6.07) is 9.94. The maximum atomic E-state index is 11.4. The Morgan fingerprint density at radius 1 is 1.53 bits per heavy atom. The second-order valence-corrected chi connectivity index (χ2v) is 5.60. The van der Waals surface area contributed by atoms with Gasteiger partial charge >= 0.3 is 5.97 Å². The van der Waals surface area contributed by atoms with Crippen LogP contribution in [0.1, 0.15) is 5.56 Å². The second-order valence-electron chi connectivity index (χ2n) is 3.60. The minimum Gasteiger partial charge on any atom is -0.468 e. The lowest BCUT2D eigenvalue weighted by atomic mass is 10.2. The topological polar surface area (TPSA) is 38.7 Å². The molecule has 0 spiro atoms. The van der Waals surface area contributed by atoms with Crippen molar-refractivity contribution in [1.29, 1.82) is 0 Å². The van der Waals surface area contributed by atoms with E-state index in [2.05, 4.69) is 20.9 Å². The second kappa shape index (κ2) is 5.69. The van der Waals surface area contributed by atoms with Crippen molar-refractivity contribution in [2.75, 3.05) is 12.9 Å². The molecule has 0 amide bonds. The molecule has 3 nitrogen and oxygen atoms in total. The first-order valence-electron chi connectivity index (χ1n) is 5.20. The van der Waals surface area contributed by atoms with E-state index in [9.17, 15) is 4.79 Å². The number of carbonyl (C=O) groups is 1. The van der Waals surface area contributed by atoms with E-state index in [0.717, 1.165) is 16.4 Å². The number of rotatable bonds is 3. The van der Waals surface area contributed by atoms with Gasteiger partial charge in [-0.15, -0.1) is 11.8 Å². The van der Waals surface area contributed by atoms with Gasteiger partial charge in [0.25, 0.3) is 0 Å². The van der Waals surface area contributed by atoms with Crippen LogP contribution in [0.3, 0.4) is 0 Å². The molecule has 5 heteroatoms. The molecule has 1 aliphatic heterocycles. The molecule has 1 aliphatic rings. The molecule has 1 aromatic rings. The van der Waals surface area contributed by atoms with Gasteiger partial charge < -0.3 is 4.74 Å². The molecule has 0 aliphatic carbocycles. The Hall–Kier alpha value is -0.810. The number of alkyl halides is 1. The maximum absolute atomic E-state index is 11.4. The first-order chi connectivity index (χ1) is 8.22. The van der Waals surface area contributed by atoms with Crippen LogP contribution in [0.15, 0.2) is 35.3 Å². The van der Waals surface area contributed by atoms with Crippen LogP contribution in [0.5, 0.6) is 0 Å². The predicted molar refractivity (Wildman–Crippen MR) is 74.0 cm³/mol. The number of hydrogen-bond donors (Lipinski definition) is 0. The molecule has 0 saturated carbocycles. The summed E-state index contributed by atoms with van der Waals surface area (Å²) in [7, 11) is 1.39. The van der Waals surface area contributed by atoms with Gasteiger partial charge in [0.1, 0.15) is 4.83 Å². The van der Waals surface area contributed by atoms with E-state index in [1.165, 1.54) is 7.11 Å². The molecule has 2 rings (SSSR count). The zero-order valence-electron chi connectivity index (χ0n) is 9.30. The van der Waals surface area contributed by atoms with Crippen LogP contribution in [0.25, 0.3) is 0 Å². The standard InChI is InChI=1S/C12H12BrNO2S/c1-16-12(15)10(13)9-7-17-11(14-9)8-5-3-2-4-6-8/h2-6,9-10H,7H2,1H3/t9?,10-/m0/s1. The van der Waals surface area contributed by atoms with Crippen LogP contribution in [0.2, 0.25) is 0 Å². The molecule has 0 fully saturated rings. The quantitative estimate of drug-likeness (QED) is 0.635. The van der Waals surface area contributed by atoms with Crippen LogP contribution in [0.4, 0.5) is 0 Å². The third kappa shape index (κ3) is 2.90. The Kier molecular flexibility index (Phi) is 4.23. The number of benzene rings is 1. The van der Waals surface area contributed by atoms with Crippen LogP contribution in [-0.4, -0.2) is 34.7 Å². The number of carbonyl (C=O) groups excluding carboxylic acids is 1. The minimum absolute atomic E-state index is 0.0531. The van der Waals surface area contributed by atoms with Crippen LogP contribution < -0.4 is 0 Å². The van der Waals surface area contributed by atoms with Gasteiger partial charge in [0.2, 0.25) is 0 Å². The van der Waals surface area contributed by atoms with Crippen molar-refractivity contribution < 1.29 is 9.53 Å².